The summed E-state index contributed by atoms with van der Waals surface area (Å²) in [5.41, 5.74) is 1.65. The molecule has 3 aromatic rings. The number of methoxy groups -OCH3 is 1. The first-order chi connectivity index (χ1) is 18.0. The molecule has 0 spiro atoms. The molecule has 0 atom stereocenters. The Morgan fingerprint density at radius 2 is 1.92 bits per heavy atom. The Morgan fingerprint density at radius 1 is 1.16 bits per heavy atom. The van der Waals surface area contributed by atoms with Crippen LogP contribution in [-0.4, -0.2) is 68.5 Å². The molecule has 0 aliphatic rings. The Hall–Kier alpha value is -3.59. The van der Waals surface area contributed by atoms with Crippen molar-refractivity contribution in [2.24, 2.45) is 0 Å². The molecule has 0 bridgehead atoms. The molecule has 3 N–H and O–H groups in total. The lowest BCUT2D eigenvalue weighted by Crippen LogP contribution is -2.20. The highest BCUT2D eigenvalue weighted by Gasteiger charge is 2.19. The predicted octanol–water partition coefficient (Wildman–Crippen LogP) is 4.94. The van der Waals surface area contributed by atoms with Gasteiger partial charge in [-0.15, -0.1) is 0 Å². The first kappa shape index (κ1) is 29.0. The molecule has 0 unspecified atom stereocenters. The van der Waals surface area contributed by atoms with Gasteiger partial charge in [-0.25, -0.2) is 4.98 Å². The van der Waals surface area contributed by atoms with Gasteiger partial charge in [0.15, 0.2) is 5.82 Å². The molecule has 202 valence electrons. The lowest BCUT2D eigenvalue weighted by molar-refractivity contribution is -0.111. The lowest BCUT2D eigenvalue weighted by atomic mass is 10.2. The van der Waals surface area contributed by atoms with Gasteiger partial charge >= 0.3 is 0 Å². The van der Waals surface area contributed by atoms with E-state index in [0.29, 0.717) is 46.3 Å². The summed E-state index contributed by atoms with van der Waals surface area (Å²) >= 11 is 6.41. The van der Waals surface area contributed by atoms with Crippen molar-refractivity contribution in [3.63, 3.8) is 0 Å². The summed E-state index contributed by atoms with van der Waals surface area (Å²) in [5.74, 6) is 1.34. The standard InChI is InChI=1S/C26H32ClN6O4P/c1-7-24(34)29-17-8-11-22(36-4)21(14-17)31-26-28-16-19(27)25(32-26)30-20-10-9-18(37-13-12-33(2)3)15-23(20)38(5,6)35/h7-11,14-16H,1,12-13H2,2-6H3,(H,29,34)(H2,28,30,31,32). The highest BCUT2D eigenvalue weighted by atomic mass is 35.5. The average molecular weight is 559 g/mol. The maximum atomic E-state index is 13.1. The highest BCUT2D eigenvalue weighted by molar-refractivity contribution is 7.70. The number of likely N-dealkylation sites (N-methyl/N-ethyl adjacent to an activating group) is 1. The lowest BCUT2D eigenvalue weighted by Gasteiger charge is -2.18. The third-order valence-electron chi connectivity index (χ3n) is 5.25. The van der Waals surface area contributed by atoms with Gasteiger partial charge in [-0.3, -0.25) is 4.79 Å². The van der Waals surface area contributed by atoms with E-state index in [-0.39, 0.29) is 16.9 Å². The fraction of sp³-hybridized carbons (Fsp3) is 0.269. The van der Waals surface area contributed by atoms with E-state index in [2.05, 4.69) is 32.5 Å². The van der Waals surface area contributed by atoms with E-state index in [1.165, 1.54) is 19.4 Å². The van der Waals surface area contributed by atoms with Crippen molar-refractivity contribution in [1.82, 2.24) is 14.9 Å². The van der Waals surface area contributed by atoms with Crippen LogP contribution in [0.15, 0.2) is 55.3 Å². The van der Waals surface area contributed by atoms with E-state index in [1.807, 2.05) is 19.0 Å². The maximum Gasteiger partial charge on any atom is 0.247 e. The zero-order valence-corrected chi connectivity index (χ0v) is 23.7. The van der Waals surface area contributed by atoms with Gasteiger partial charge < -0.3 is 34.9 Å². The summed E-state index contributed by atoms with van der Waals surface area (Å²) in [6.45, 7) is 8.10. The number of ether oxygens (including phenoxy) is 2. The van der Waals surface area contributed by atoms with Crippen LogP contribution in [0.2, 0.25) is 5.02 Å². The van der Waals surface area contributed by atoms with Crippen LogP contribution in [0.25, 0.3) is 0 Å². The second-order valence-corrected chi connectivity index (χ2v) is 12.5. The van der Waals surface area contributed by atoms with Crippen LogP contribution in [0.1, 0.15) is 0 Å². The predicted molar refractivity (Wildman–Crippen MR) is 155 cm³/mol. The molecule has 0 radical (unpaired) electrons. The quantitative estimate of drug-likeness (QED) is 0.210. The molecule has 0 fully saturated rings. The number of hydrogen-bond acceptors (Lipinski definition) is 9. The Kier molecular flexibility index (Phi) is 9.74. The van der Waals surface area contributed by atoms with Crippen molar-refractivity contribution in [2.75, 3.05) is 63.6 Å². The van der Waals surface area contributed by atoms with Crippen LogP contribution in [0.4, 0.5) is 28.8 Å². The molecule has 0 aliphatic heterocycles. The number of anilines is 5. The molecule has 12 heteroatoms. The molecule has 0 saturated heterocycles. The summed E-state index contributed by atoms with van der Waals surface area (Å²) in [6.07, 6.45) is 2.63. The van der Waals surface area contributed by atoms with Crippen LogP contribution < -0.4 is 30.7 Å². The van der Waals surface area contributed by atoms with Crippen LogP contribution in [0.5, 0.6) is 11.5 Å². The fourth-order valence-corrected chi connectivity index (χ4v) is 4.63. The molecule has 38 heavy (non-hydrogen) atoms. The number of nitrogens with one attached hydrogen (secondary N) is 3. The van der Waals surface area contributed by atoms with Crippen molar-refractivity contribution in [2.45, 2.75) is 0 Å². The van der Waals surface area contributed by atoms with Crippen LogP contribution >= 0.6 is 18.7 Å². The number of nitrogens with zero attached hydrogens (tertiary/aromatic N) is 3. The number of rotatable bonds is 12. The smallest absolute Gasteiger partial charge is 0.247 e. The van der Waals surface area contributed by atoms with Crippen molar-refractivity contribution in [3.8, 4) is 11.5 Å². The minimum atomic E-state index is -2.70. The molecular formula is C26H32ClN6O4P. The molecule has 3 rings (SSSR count). The molecule has 0 aliphatic carbocycles. The Balaban J connectivity index is 1.89. The second-order valence-electron chi connectivity index (χ2n) is 8.93. The molecule has 1 amide bonds. The largest absolute Gasteiger partial charge is 0.495 e. The van der Waals surface area contributed by atoms with E-state index in [0.717, 1.165) is 6.54 Å². The van der Waals surface area contributed by atoms with Crippen molar-refractivity contribution in [3.05, 3.63) is 60.3 Å². The van der Waals surface area contributed by atoms with E-state index < -0.39 is 7.14 Å². The Labute approximate surface area is 227 Å². The number of benzene rings is 2. The summed E-state index contributed by atoms with van der Waals surface area (Å²) in [5, 5.41) is 9.86. The van der Waals surface area contributed by atoms with Crippen molar-refractivity contribution < 1.29 is 18.8 Å². The van der Waals surface area contributed by atoms with Gasteiger partial charge in [-0.2, -0.15) is 4.98 Å². The third kappa shape index (κ3) is 7.95. The summed E-state index contributed by atoms with van der Waals surface area (Å²) in [4.78, 5) is 22.5. The van der Waals surface area contributed by atoms with Crippen LogP contribution in [0, 0.1) is 0 Å². The molecule has 2 aromatic carbocycles. The van der Waals surface area contributed by atoms with Crippen molar-refractivity contribution in [1.29, 1.82) is 0 Å². The summed E-state index contributed by atoms with van der Waals surface area (Å²) in [6, 6.07) is 10.5. The molecule has 10 nitrogen and oxygen atoms in total. The average Bonchev–Trinajstić information content (AvgIpc) is 2.86. The maximum absolute atomic E-state index is 13.1. The number of aromatic nitrogens is 2. The monoisotopic (exact) mass is 558 g/mol. The fourth-order valence-electron chi connectivity index (χ4n) is 3.34. The number of amides is 1. The second kappa shape index (κ2) is 12.8. The van der Waals surface area contributed by atoms with E-state index >= 15 is 0 Å². The van der Waals surface area contributed by atoms with Gasteiger partial charge in [0.25, 0.3) is 0 Å². The van der Waals surface area contributed by atoms with Gasteiger partial charge in [0, 0.05) is 17.5 Å². The van der Waals surface area contributed by atoms with Gasteiger partial charge in [0.1, 0.15) is 30.3 Å². The number of carbonyl (C=O) groups is 1. The molecule has 1 aromatic heterocycles. The molecule has 0 saturated carbocycles. The minimum Gasteiger partial charge on any atom is -0.495 e. The molecular weight excluding hydrogens is 527 g/mol. The third-order valence-corrected chi connectivity index (χ3v) is 7.06. The van der Waals surface area contributed by atoms with E-state index in [9.17, 15) is 9.36 Å². The van der Waals surface area contributed by atoms with Crippen LogP contribution in [0.3, 0.4) is 0 Å². The number of hydrogen-bond donors (Lipinski definition) is 3. The first-order valence-electron chi connectivity index (χ1n) is 11.7. The zero-order chi connectivity index (χ0) is 27.9. The van der Waals surface area contributed by atoms with Gasteiger partial charge in [-0.05, 0) is 69.9 Å². The SMILES string of the molecule is C=CC(=O)Nc1ccc(OC)c(Nc2ncc(Cl)c(Nc3ccc(OCCN(C)C)cc3P(C)(C)=O)n2)c1. The summed E-state index contributed by atoms with van der Waals surface area (Å²) in [7, 11) is 2.77. The summed E-state index contributed by atoms with van der Waals surface area (Å²) < 4.78 is 24.4. The first-order valence-corrected chi connectivity index (χ1v) is 14.6. The van der Waals surface area contributed by atoms with E-state index in [4.69, 9.17) is 21.1 Å². The number of carbonyl (C=O) groups excluding carboxylic acids is 1. The minimum absolute atomic E-state index is 0.226. The number of halogens is 1. The van der Waals surface area contributed by atoms with Gasteiger partial charge in [0.05, 0.1) is 24.7 Å². The van der Waals surface area contributed by atoms with Gasteiger partial charge in [-0.1, -0.05) is 18.2 Å². The van der Waals surface area contributed by atoms with Crippen molar-refractivity contribution >= 4 is 58.8 Å². The van der Waals surface area contributed by atoms with Crippen LogP contribution in [-0.2, 0) is 9.36 Å². The topological polar surface area (TPSA) is 118 Å². The van der Waals surface area contributed by atoms with E-state index in [1.54, 1.807) is 49.7 Å². The Morgan fingerprint density at radius 3 is 2.58 bits per heavy atom. The molecule has 1 heterocycles. The Bertz CT molecular complexity index is 1360. The zero-order valence-electron chi connectivity index (χ0n) is 22.0. The normalized spacial score (nSPS) is 11.1. The van der Waals surface area contributed by atoms with Gasteiger partial charge in [0.2, 0.25) is 11.9 Å². The highest BCUT2D eigenvalue weighted by Crippen LogP contribution is 2.40.